The van der Waals surface area contributed by atoms with Crippen molar-refractivity contribution in [3.63, 3.8) is 0 Å². The fraction of sp³-hybridized carbons (Fsp3) is 0.933. The number of hydrogen-bond acceptors (Lipinski definition) is 4. The second-order valence-corrected chi connectivity index (χ2v) is 6.12. The molecule has 19 heavy (non-hydrogen) atoms. The average molecular weight is 268 g/mol. The maximum atomic E-state index is 11.6. The summed E-state index contributed by atoms with van der Waals surface area (Å²) in [6.45, 7) is 4.37. The van der Waals surface area contributed by atoms with Gasteiger partial charge >= 0.3 is 5.97 Å². The monoisotopic (exact) mass is 268 g/mol. The lowest BCUT2D eigenvalue weighted by molar-refractivity contribution is -0.144. The van der Waals surface area contributed by atoms with Crippen molar-refractivity contribution in [1.29, 1.82) is 0 Å². The molecule has 0 aromatic carbocycles. The van der Waals surface area contributed by atoms with E-state index in [4.69, 9.17) is 10.5 Å². The number of esters is 1. The molecule has 0 amide bonds. The van der Waals surface area contributed by atoms with Crippen LogP contribution < -0.4 is 5.73 Å². The number of rotatable bonds is 4. The molecule has 2 N–H and O–H groups in total. The Morgan fingerprint density at radius 2 is 2.00 bits per heavy atom. The van der Waals surface area contributed by atoms with Crippen molar-refractivity contribution in [3.8, 4) is 0 Å². The molecule has 1 aliphatic heterocycles. The molecule has 1 saturated carbocycles. The van der Waals surface area contributed by atoms with Crippen LogP contribution in [-0.2, 0) is 9.53 Å². The molecule has 0 aromatic rings. The standard InChI is InChI=1S/C15H28N2O2/c1-2-19-15(18)9-12-8-13(16)11-17(10-12)14-6-4-3-5-7-14/h12-14H,2-11,16H2,1H3. The maximum Gasteiger partial charge on any atom is 0.306 e. The number of hydrogen-bond donors (Lipinski definition) is 1. The summed E-state index contributed by atoms with van der Waals surface area (Å²) in [7, 11) is 0. The van der Waals surface area contributed by atoms with Crippen LogP contribution in [0.2, 0.25) is 0 Å². The van der Waals surface area contributed by atoms with Gasteiger partial charge in [0.05, 0.1) is 6.61 Å². The Labute approximate surface area is 116 Å². The highest BCUT2D eigenvalue weighted by molar-refractivity contribution is 5.69. The maximum absolute atomic E-state index is 11.6. The lowest BCUT2D eigenvalue weighted by atomic mass is 9.87. The predicted molar refractivity (Wildman–Crippen MR) is 75.8 cm³/mol. The lowest BCUT2D eigenvalue weighted by Gasteiger charge is -2.42. The zero-order valence-electron chi connectivity index (χ0n) is 12.1. The summed E-state index contributed by atoms with van der Waals surface area (Å²) < 4.78 is 5.06. The van der Waals surface area contributed by atoms with Crippen molar-refractivity contribution in [1.82, 2.24) is 4.90 Å². The Hall–Kier alpha value is -0.610. The molecule has 1 saturated heterocycles. The van der Waals surface area contributed by atoms with E-state index in [-0.39, 0.29) is 12.0 Å². The van der Waals surface area contributed by atoms with Crippen LogP contribution in [0.5, 0.6) is 0 Å². The van der Waals surface area contributed by atoms with Crippen LogP contribution in [0.25, 0.3) is 0 Å². The quantitative estimate of drug-likeness (QED) is 0.792. The molecule has 1 heterocycles. The summed E-state index contributed by atoms with van der Waals surface area (Å²) in [6, 6.07) is 0.917. The van der Waals surface area contributed by atoms with E-state index in [2.05, 4.69) is 4.90 Å². The van der Waals surface area contributed by atoms with Gasteiger partial charge in [-0.15, -0.1) is 0 Å². The van der Waals surface area contributed by atoms with Crippen LogP contribution in [0.1, 0.15) is 51.9 Å². The molecule has 4 heteroatoms. The van der Waals surface area contributed by atoms with Crippen LogP contribution in [0.4, 0.5) is 0 Å². The number of ether oxygens (including phenoxy) is 1. The van der Waals surface area contributed by atoms with E-state index >= 15 is 0 Å². The number of nitrogens with zero attached hydrogens (tertiary/aromatic N) is 1. The number of piperidine rings is 1. The molecule has 2 fully saturated rings. The molecule has 0 bridgehead atoms. The van der Waals surface area contributed by atoms with Crippen LogP contribution in [0.15, 0.2) is 0 Å². The number of carbonyl (C=O) groups is 1. The number of nitrogens with two attached hydrogens (primary N) is 1. The SMILES string of the molecule is CCOC(=O)CC1CC(N)CN(C2CCCCC2)C1. The Kier molecular flexibility index (Phi) is 5.64. The molecular weight excluding hydrogens is 240 g/mol. The summed E-state index contributed by atoms with van der Waals surface area (Å²) in [6.07, 6.45) is 8.17. The van der Waals surface area contributed by atoms with E-state index in [0.717, 1.165) is 19.5 Å². The molecule has 0 radical (unpaired) electrons. The van der Waals surface area contributed by atoms with Gasteiger partial charge in [0.25, 0.3) is 0 Å². The lowest BCUT2D eigenvalue weighted by Crippen LogP contribution is -2.51. The summed E-state index contributed by atoms with van der Waals surface area (Å²) in [5.74, 6) is 0.315. The van der Waals surface area contributed by atoms with E-state index in [1.165, 1.54) is 32.1 Å². The Bertz CT molecular complexity index is 290. The minimum Gasteiger partial charge on any atom is -0.466 e. The topological polar surface area (TPSA) is 55.6 Å². The van der Waals surface area contributed by atoms with Gasteiger partial charge in [0.15, 0.2) is 0 Å². The summed E-state index contributed by atoms with van der Waals surface area (Å²) >= 11 is 0. The molecule has 110 valence electrons. The fourth-order valence-electron chi connectivity index (χ4n) is 3.63. The average Bonchev–Trinajstić information content (AvgIpc) is 2.39. The van der Waals surface area contributed by atoms with Crippen LogP contribution in [0, 0.1) is 5.92 Å². The summed E-state index contributed by atoms with van der Waals surface area (Å²) in [5, 5.41) is 0. The first-order chi connectivity index (χ1) is 9.19. The third-order valence-corrected chi connectivity index (χ3v) is 4.45. The van der Waals surface area contributed by atoms with Crippen molar-refractivity contribution in [2.75, 3.05) is 19.7 Å². The van der Waals surface area contributed by atoms with Gasteiger partial charge in [-0.2, -0.15) is 0 Å². The molecule has 4 nitrogen and oxygen atoms in total. The van der Waals surface area contributed by atoms with Gasteiger partial charge in [0, 0.05) is 31.6 Å². The van der Waals surface area contributed by atoms with Gasteiger partial charge in [0.1, 0.15) is 0 Å². The number of carbonyl (C=O) groups excluding carboxylic acids is 1. The summed E-state index contributed by atoms with van der Waals surface area (Å²) in [5.41, 5.74) is 6.18. The molecular formula is C15H28N2O2. The van der Waals surface area contributed by atoms with Gasteiger partial charge in [-0.05, 0) is 32.1 Å². The minimum absolute atomic E-state index is 0.0646. The zero-order valence-corrected chi connectivity index (χ0v) is 12.1. The molecule has 0 spiro atoms. The Balaban J connectivity index is 1.86. The van der Waals surface area contributed by atoms with E-state index in [1.807, 2.05) is 6.92 Å². The van der Waals surface area contributed by atoms with Gasteiger partial charge < -0.3 is 10.5 Å². The molecule has 2 rings (SSSR count). The highest BCUT2D eigenvalue weighted by Gasteiger charge is 2.31. The molecule has 0 aromatic heterocycles. The third-order valence-electron chi connectivity index (χ3n) is 4.45. The van der Waals surface area contributed by atoms with Gasteiger partial charge in [-0.3, -0.25) is 9.69 Å². The van der Waals surface area contributed by atoms with Crippen molar-refractivity contribution >= 4 is 5.97 Å². The van der Waals surface area contributed by atoms with Crippen LogP contribution >= 0.6 is 0 Å². The molecule has 2 aliphatic rings. The smallest absolute Gasteiger partial charge is 0.306 e. The third kappa shape index (κ3) is 4.46. The highest BCUT2D eigenvalue weighted by atomic mass is 16.5. The predicted octanol–water partition coefficient (Wildman–Crippen LogP) is 1.92. The molecule has 2 atom stereocenters. The molecule has 2 unspecified atom stereocenters. The summed E-state index contributed by atoms with van der Waals surface area (Å²) in [4.78, 5) is 14.2. The Morgan fingerprint density at radius 1 is 1.26 bits per heavy atom. The van der Waals surface area contributed by atoms with Gasteiger partial charge in [0.2, 0.25) is 0 Å². The van der Waals surface area contributed by atoms with Gasteiger partial charge in [-0.25, -0.2) is 0 Å². The van der Waals surface area contributed by atoms with Crippen LogP contribution in [-0.4, -0.2) is 42.6 Å². The van der Waals surface area contributed by atoms with E-state index in [9.17, 15) is 4.79 Å². The normalized spacial score (nSPS) is 30.2. The largest absolute Gasteiger partial charge is 0.466 e. The first-order valence-electron chi connectivity index (χ1n) is 7.84. The Morgan fingerprint density at radius 3 is 2.68 bits per heavy atom. The first kappa shape index (κ1) is 14.8. The second kappa shape index (κ2) is 7.25. The van der Waals surface area contributed by atoms with Gasteiger partial charge in [-0.1, -0.05) is 19.3 Å². The zero-order chi connectivity index (χ0) is 13.7. The van der Waals surface area contributed by atoms with Crippen molar-refractivity contribution < 1.29 is 9.53 Å². The first-order valence-corrected chi connectivity index (χ1v) is 7.84. The van der Waals surface area contributed by atoms with Crippen LogP contribution in [0.3, 0.4) is 0 Å². The van der Waals surface area contributed by atoms with Crippen molar-refractivity contribution in [2.45, 2.75) is 64.0 Å². The number of likely N-dealkylation sites (tertiary alicyclic amines) is 1. The highest BCUT2D eigenvalue weighted by Crippen LogP contribution is 2.28. The fourth-order valence-corrected chi connectivity index (χ4v) is 3.63. The van der Waals surface area contributed by atoms with E-state index in [1.54, 1.807) is 0 Å². The van der Waals surface area contributed by atoms with Crippen molar-refractivity contribution in [3.05, 3.63) is 0 Å². The van der Waals surface area contributed by atoms with Crippen molar-refractivity contribution in [2.24, 2.45) is 11.7 Å². The van der Waals surface area contributed by atoms with E-state index < -0.39 is 0 Å². The molecule has 1 aliphatic carbocycles. The van der Waals surface area contributed by atoms with E-state index in [0.29, 0.717) is 25.0 Å². The minimum atomic E-state index is -0.0646. The second-order valence-electron chi connectivity index (χ2n) is 6.12.